The Kier molecular flexibility index (Phi) is 2.82. The first-order valence-corrected chi connectivity index (χ1v) is 4.74. The molecule has 0 unspecified atom stereocenters. The van der Waals surface area contributed by atoms with Crippen molar-refractivity contribution >= 4 is 5.97 Å². The second kappa shape index (κ2) is 4.29. The number of aromatic nitrogens is 1. The Bertz CT molecular complexity index is 584. The van der Waals surface area contributed by atoms with Gasteiger partial charge in [-0.15, -0.1) is 0 Å². The molecule has 5 heteroatoms. The van der Waals surface area contributed by atoms with Gasteiger partial charge in [0.05, 0.1) is 5.69 Å². The Balaban J connectivity index is 2.57. The van der Waals surface area contributed by atoms with Crippen molar-refractivity contribution in [2.45, 2.75) is 0 Å². The van der Waals surface area contributed by atoms with Crippen LogP contribution < -0.4 is 0 Å². The molecule has 17 heavy (non-hydrogen) atoms. The van der Waals surface area contributed by atoms with E-state index in [2.05, 4.69) is 4.98 Å². The first-order valence-electron chi connectivity index (χ1n) is 4.74. The average molecular weight is 235 g/mol. The average Bonchev–Trinajstić information content (AvgIpc) is 2.33. The summed E-state index contributed by atoms with van der Waals surface area (Å²) in [5, 5.41) is 8.75. The van der Waals surface area contributed by atoms with E-state index in [4.69, 9.17) is 5.11 Å². The lowest BCUT2D eigenvalue weighted by molar-refractivity contribution is 0.0690. The summed E-state index contributed by atoms with van der Waals surface area (Å²) in [4.78, 5) is 14.4. The van der Waals surface area contributed by atoms with E-state index in [-0.39, 0.29) is 17.0 Å². The van der Waals surface area contributed by atoms with Gasteiger partial charge in [0.1, 0.15) is 5.69 Å². The van der Waals surface area contributed by atoms with Crippen molar-refractivity contribution in [3.8, 4) is 11.3 Å². The van der Waals surface area contributed by atoms with Crippen LogP contribution in [0.25, 0.3) is 11.3 Å². The third kappa shape index (κ3) is 2.13. The molecule has 0 saturated heterocycles. The first-order chi connectivity index (χ1) is 8.09. The summed E-state index contributed by atoms with van der Waals surface area (Å²) in [5.41, 5.74) is -0.193. The zero-order chi connectivity index (χ0) is 12.4. The minimum atomic E-state index is -1.22. The highest BCUT2D eigenvalue weighted by Gasteiger charge is 2.12. The molecule has 1 heterocycles. The number of carboxylic acid groups (broad SMARTS) is 1. The van der Waals surface area contributed by atoms with E-state index >= 15 is 0 Å². The van der Waals surface area contributed by atoms with Gasteiger partial charge >= 0.3 is 5.97 Å². The van der Waals surface area contributed by atoms with Crippen molar-refractivity contribution in [1.82, 2.24) is 4.98 Å². The highest BCUT2D eigenvalue weighted by molar-refractivity contribution is 5.86. The van der Waals surface area contributed by atoms with Crippen molar-refractivity contribution in [1.29, 1.82) is 0 Å². The van der Waals surface area contributed by atoms with E-state index in [0.29, 0.717) is 0 Å². The van der Waals surface area contributed by atoms with Crippen LogP contribution in [0, 0.1) is 11.6 Å². The van der Waals surface area contributed by atoms with E-state index in [1.165, 1.54) is 30.3 Å². The summed E-state index contributed by atoms with van der Waals surface area (Å²) in [6.07, 6.45) is 0. The number of halogens is 2. The van der Waals surface area contributed by atoms with Crippen LogP contribution in [-0.4, -0.2) is 16.1 Å². The molecule has 0 atom stereocenters. The van der Waals surface area contributed by atoms with Crippen LogP contribution in [-0.2, 0) is 0 Å². The smallest absolute Gasteiger partial charge is 0.354 e. The Morgan fingerprint density at radius 1 is 1.12 bits per heavy atom. The molecule has 0 spiro atoms. The fraction of sp³-hybridized carbons (Fsp3) is 0. The SMILES string of the molecule is O=C(O)c1cccc(-c2cccc(F)c2F)n1. The number of carbonyl (C=O) groups is 1. The predicted octanol–water partition coefficient (Wildman–Crippen LogP) is 2.73. The molecule has 0 aliphatic rings. The van der Waals surface area contributed by atoms with Crippen molar-refractivity contribution in [3.05, 3.63) is 53.7 Å². The lowest BCUT2D eigenvalue weighted by Crippen LogP contribution is -2.01. The number of benzene rings is 1. The number of nitrogens with zero attached hydrogens (tertiary/aromatic N) is 1. The van der Waals surface area contributed by atoms with Gasteiger partial charge in [-0.25, -0.2) is 18.6 Å². The molecule has 1 N–H and O–H groups in total. The number of hydrogen-bond acceptors (Lipinski definition) is 2. The Morgan fingerprint density at radius 3 is 2.53 bits per heavy atom. The van der Waals surface area contributed by atoms with Gasteiger partial charge in [0.2, 0.25) is 0 Å². The number of hydrogen-bond donors (Lipinski definition) is 1. The van der Waals surface area contributed by atoms with Crippen molar-refractivity contribution < 1.29 is 18.7 Å². The van der Waals surface area contributed by atoms with E-state index in [1.807, 2.05) is 0 Å². The van der Waals surface area contributed by atoms with Gasteiger partial charge in [-0.05, 0) is 24.3 Å². The minimum absolute atomic E-state index is 0.0619. The van der Waals surface area contributed by atoms with Gasteiger partial charge in [-0.2, -0.15) is 0 Å². The van der Waals surface area contributed by atoms with E-state index in [0.717, 1.165) is 6.07 Å². The zero-order valence-electron chi connectivity index (χ0n) is 8.52. The van der Waals surface area contributed by atoms with Gasteiger partial charge in [0, 0.05) is 5.56 Å². The minimum Gasteiger partial charge on any atom is -0.477 e. The predicted molar refractivity (Wildman–Crippen MR) is 56.5 cm³/mol. The Labute approximate surface area is 95.4 Å². The van der Waals surface area contributed by atoms with Gasteiger partial charge in [0.15, 0.2) is 11.6 Å². The maximum atomic E-state index is 13.5. The summed E-state index contributed by atoms with van der Waals surface area (Å²) in [6.45, 7) is 0. The lowest BCUT2D eigenvalue weighted by atomic mass is 10.1. The summed E-state index contributed by atoms with van der Waals surface area (Å²) in [6, 6.07) is 7.79. The molecular formula is C12H7F2NO2. The Hall–Kier alpha value is -2.30. The number of pyridine rings is 1. The van der Waals surface area contributed by atoms with Gasteiger partial charge < -0.3 is 5.11 Å². The number of aromatic carboxylic acids is 1. The van der Waals surface area contributed by atoms with Crippen LogP contribution in [0.3, 0.4) is 0 Å². The van der Waals surface area contributed by atoms with E-state index in [1.54, 1.807) is 0 Å². The zero-order valence-corrected chi connectivity index (χ0v) is 8.52. The highest BCUT2D eigenvalue weighted by atomic mass is 19.2. The second-order valence-corrected chi connectivity index (χ2v) is 3.31. The van der Waals surface area contributed by atoms with Crippen LogP contribution in [0.5, 0.6) is 0 Å². The van der Waals surface area contributed by atoms with Gasteiger partial charge in [-0.3, -0.25) is 0 Å². The maximum Gasteiger partial charge on any atom is 0.354 e. The summed E-state index contributed by atoms with van der Waals surface area (Å²) in [5.74, 6) is -3.25. The monoisotopic (exact) mass is 235 g/mol. The van der Waals surface area contributed by atoms with Crippen molar-refractivity contribution in [3.63, 3.8) is 0 Å². The quantitative estimate of drug-likeness (QED) is 0.870. The molecule has 0 saturated carbocycles. The standard InChI is InChI=1S/C12H7F2NO2/c13-8-4-1-3-7(11(8)14)9-5-2-6-10(15-9)12(16)17/h1-6H,(H,16,17). The molecule has 86 valence electrons. The number of rotatable bonds is 2. The summed E-state index contributed by atoms with van der Waals surface area (Å²) < 4.78 is 26.5. The molecule has 0 amide bonds. The van der Waals surface area contributed by atoms with Gasteiger partial charge in [-0.1, -0.05) is 12.1 Å². The summed E-state index contributed by atoms with van der Waals surface area (Å²) >= 11 is 0. The fourth-order valence-corrected chi connectivity index (χ4v) is 1.41. The summed E-state index contributed by atoms with van der Waals surface area (Å²) in [7, 11) is 0. The molecule has 0 aliphatic heterocycles. The lowest BCUT2D eigenvalue weighted by Gasteiger charge is -2.04. The van der Waals surface area contributed by atoms with E-state index in [9.17, 15) is 13.6 Å². The molecule has 2 rings (SSSR count). The second-order valence-electron chi connectivity index (χ2n) is 3.31. The third-order valence-corrected chi connectivity index (χ3v) is 2.20. The first kappa shape index (κ1) is 11.2. The maximum absolute atomic E-state index is 13.5. The van der Waals surface area contributed by atoms with Crippen LogP contribution in [0.2, 0.25) is 0 Å². The number of carboxylic acids is 1. The van der Waals surface area contributed by atoms with Crippen molar-refractivity contribution in [2.24, 2.45) is 0 Å². The molecule has 3 nitrogen and oxygen atoms in total. The molecule has 1 aromatic carbocycles. The molecule has 0 aliphatic carbocycles. The molecule has 2 aromatic rings. The molecule has 0 bridgehead atoms. The van der Waals surface area contributed by atoms with Crippen LogP contribution in [0.4, 0.5) is 8.78 Å². The van der Waals surface area contributed by atoms with Crippen LogP contribution in [0.15, 0.2) is 36.4 Å². The molecule has 0 radical (unpaired) electrons. The molecular weight excluding hydrogens is 228 g/mol. The van der Waals surface area contributed by atoms with Crippen LogP contribution in [0.1, 0.15) is 10.5 Å². The topological polar surface area (TPSA) is 50.2 Å². The largest absolute Gasteiger partial charge is 0.477 e. The van der Waals surface area contributed by atoms with E-state index < -0.39 is 17.6 Å². The van der Waals surface area contributed by atoms with Crippen molar-refractivity contribution in [2.75, 3.05) is 0 Å². The van der Waals surface area contributed by atoms with Gasteiger partial charge in [0.25, 0.3) is 0 Å². The fourth-order valence-electron chi connectivity index (χ4n) is 1.41. The normalized spacial score (nSPS) is 10.2. The molecule has 0 fully saturated rings. The molecule has 1 aromatic heterocycles. The van der Waals surface area contributed by atoms with Crippen LogP contribution >= 0.6 is 0 Å². The highest BCUT2D eigenvalue weighted by Crippen LogP contribution is 2.22. The third-order valence-electron chi connectivity index (χ3n) is 2.20. The Morgan fingerprint density at radius 2 is 1.82 bits per heavy atom.